The van der Waals surface area contributed by atoms with Gasteiger partial charge >= 0.3 is 0 Å². The van der Waals surface area contributed by atoms with Gasteiger partial charge in [-0.15, -0.1) is 0 Å². The van der Waals surface area contributed by atoms with Gasteiger partial charge in [0.15, 0.2) is 0 Å². The van der Waals surface area contributed by atoms with Gasteiger partial charge in [0, 0.05) is 32.0 Å². The van der Waals surface area contributed by atoms with Gasteiger partial charge in [-0.05, 0) is 50.1 Å². The summed E-state index contributed by atoms with van der Waals surface area (Å²) in [6.45, 7) is 4.63. The molecule has 1 aliphatic heterocycles. The highest BCUT2D eigenvalue weighted by Crippen LogP contribution is 2.16. The van der Waals surface area contributed by atoms with E-state index in [0.29, 0.717) is 6.61 Å². The first-order valence-electron chi connectivity index (χ1n) is 6.98. The Morgan fingerprint density at radius 1 is 1.26 bits per heavy atom. The van der Waals surface area contributed by atoms with Crippen molar-refractivity contribution < 1.29 is 9.47 Å². The lowest BCUT2D eigenvalue weighted by Gasteiger charge is -2.27. The van der Waals surface area contributed by atoms with Crippen LogP contribution < -0.4 is 10.5 Å². The van der Waals surface area contributed by atoms with Crippen molar-refractivity contribution in [2.75, 3.05) is 45.7 Å². The molecular formula is C15H24N2O2. The molecule has 0 aliphatic carbocycles. The minimum atomic E-state index is 0.712. The van der Waals surface area contributed by atoms with Gasteiger partial charge in [-0.2, -0.15) is 0 Å². The SMILES string of the molecule is CN(CCOc1ccc(N)cc1)CC1CCOCC1. The Morgan fingerprint density at radius 3 is 2.63 bits per heavy atom. The Labute approximate surface area is 115 Å². The number of nitrogens with two attached hydrogens (primary N) is 1. The van der Waals surface area contributed by atoms with Crippen molar-refractivity contribution in [2.45, 2.75) is 12.8 Å². The Hall–Kier alpha value is -1.26. The Bertz CT molecular complexity index is 361. The molecule has 19 heavy (non-hydrogen) atoms. The van der Waals surface area contributed by atoms with Crippen molar-refractivity contribution in [1.82, 2.24) is 4.90 Å². The number of rotatable bonds is 6. The van der Waals surface area contributed by atoms with Gasteiger partial charge < -0.3 is 20.1 Å². The van der Waals surface area contributed by atoms with Crippen molar-refractivity contribution in [1.29, 1.82) is 0 Å². The van der Waals surface area contributed by atoms with E-state index in [-0.39, 0.29) is 0 Å². The second-order valence-corrected chi connectivity index (χ2v) is 5.24. The molecule has 0 atom stereocenters. The largest absolute Gasteiger partial charge is 0.492 e. The predicted molar refractivity (Wildman–Crippen MR) is 77.4 cm³/mol. The smallest absolute Gasteiger partial charge is 0.119 e. The van der Waals surface area contributed by atoms with Crippen LogP contribution in [0.3, 0.4) is 0 Å². The predicted octanol–water partition coefficient (Wildman–Crippen LogP) is 2.01. The van der Waals surface area contributed by atoms with Crippen LogP contribution >= 0.6 is 0 Å². The molecule has 4 nitrogen and oxygen atoms in total. The third kappa shape index (κ3) is 5.09. The number of nitrogen functional groups attached to an aromatic ring is 1. The zero-order valence-corrected chi connectivity index (χ0v) is 11.7. The average molecular weight is 264 g/mol. The van der Waals surface area contributed by atoms with Crippen LogP contribution in [0.5, 0.6) is 5.75 Å². The summed E-state index contributed by atoms with van der Waals surface area (Å²) >= 11 is 0. The van der Waals surface area contributed by atoms with Gasteiger partial charge in [0.25, 0.3) is 0 Å². The molecule has 0 bridgehead atoms. The van der Waals surface area contributed by atoms with Gasteiger partial charge in [-0.25, -0.2) is 0 Å². The lowest BCUT2D eigenvalue weighted by atomic mass is 10.00. The van der Waals surface area contributed by atoms with Crippen LogP contribution in [0.4, 0.5) is 5.69 Å². The quantitative estimate of drug-likeness (QED) is 0.798. The second kappa shape index (κ2) is 7.36. The molecule has 0 aromatic heterocycles. The summed E-state index contributed by atoms with van der Waals surface area (Å²) in [6.07, 6.45) is 2.37. The normalized spacial score (nSPS) is 16.7. The van der Waals surface area contributed by atoms with E-state index in [1.807, 2.05) is 24.3 Å². The van der Waals surface area contributed by atoms with Gasteiger partial charge in [0.05, 0.1) is 0 Å². The third-order valence-electron chi connectivity index (χ3n) is 3.53. The zero-order chi connectivity index (χ0) is 13.5. The van der Waals surface area contributed by atoms with E-state index >= 15 is 0 Å². The molecule has 0 saturated carbocycles. The molecule has 1 aromatic carbocycles. The molecular weight excluding hydrogens is 240 g/mol. The van der Waals surface area contributed by atoms with E-state index in [9.17, 15) is 0 Å². The molecule has 4 heteroatoms. The lowest BCUT2D eigenvalue weighted by molar-refractivity contribution is 0.0543. The summed E-state index contributed by atoms with van der Waals surface area (Å²) < 4.78 is 11.1. The van der Waals surface area contributed by atoms with Crippen LogP contribution in [0.25, 0.3) is 0 Å². The van der Waals surface area contributed by atoms with E-state index in [0.717, 1.165) is 43.7 Å². The summed E-state index contributed by atoms with van der Waals surface area (Å²) in [5.41, 5.74) is 6.40. The van der Waals surface area contributed by atoms with E-state index in [1.165, 1.54) is 12.8 Å². The fraction of sp³-hybridized carbons (Fsp3) is 0.600. The fourth-order valence-corrected chi connectivity index (χ4v) is 2.34. The summed E-state index contributed by atoms with van der Waals surface area (Å²) in [6, 6.07) is 7.55. The van der Waals surface area contributed by atoms with Gasteiger partial charge in [0.1, 0.15) is 12.4 Å². The van der Waals surface area contributed by atoms with Crippen LogP contribution in [0, 0.1) is 5.92 Å². The Balaban J connectivity index is 1.63. The zero-order valence-electron chi connectivity index (χ0n) is 11.7. The van der Waals surface area contributed by atoms with Crippen molar-refractivity contribution in [2.24, 2.45) is 5.92 Å². The highest BCUT2D eigenvalue weighted by atomic mass is 16.5. The summed E-state index contributed by atoms with van der Waals surface area (Å²) in [5.74, 6) is 1.66. The van der Waals surface area contributed by atoms with Gasteiger partial charge in [0.2, 0.25) is 0 Å². The summed E-state index contributed by atoms with van der Waals surface area (Å²) in [7, 11) is 2.15. The number of nitrogens with zero attached hydrogens (tertiary/aromatic N) is 1. The standard InChI is InChI=1S/C15H24N2O2/c1-17(12-13-6-9-18-10-7-13)8-11-19-15-4-2-14(16)3-5-15/h2-5,13H,6-12,16H2,1H3. The van der Waals surface area contributed by atoms with E-state index in [4.69, 9.17) is 15.2 Å². The number of benzene rings is 1. The van der Waals surface area contributed by atoms with E-state index < -0.39 is 0 Å². The maximum atomic E-state index is 5.70. The maximum absolute atomic E-state index is 5.70. The second-order valence-electron chi connectivity index (χ2n) is 5.24. The molecule has 0 amide bonds. The van der Waals surface area contributed by atoms with Crippen molar-refractivity contribution in [3.63, 3.8) is 0 Å². The van der Waals surface area contributed by atoms with Crippen LogP contribution in [0.1, 0.15) is 12.8 Å². The monoisotopic (exact) mass is 264 g/mol. The summed E-state index contributed by atoms with van der Waals surface area (Å²) in [5, 5.41) is 0. The van der Waals surface area contributed by atoms with E-state index in [2.05, 4.69) is 11.9 Å². The molecule has 1 aliphatic rings. The molecule has 0 unspecified atom stereocenters. The number of anilines is 1. The molecule has 2 N–H and O–H groups in total. The first kappa shape index (κ1) is 14.2. The minimum absolute atomic E-state index is 0.712. The van der Waals surface area contributed by atoms with E-state index in [1.54, 1.807) is 0 Å². The first-order valence-corrected chi connectivity index (χ1v) is 6.98. The topological polar surface area (TPSA) is 47.7 Å². The minimum Gasteiger partial charge on any atom is -0.492 e. The van der Waals surface area contributed by atoms with Crippen LogP contribution in [-0.4, -0.2) is 44.9 Å². The van der Waals surface area contributed by atoms with Crippen LogP contribution in [0.15, 0.2) is 24.3 Å². The van der Waals surface area contributed by atoms with Crippen molar-refractivity contribution in [3.05, 3.63) is 24.3 Å². The lowest BCUT2D eigenvalue weighted by Crippen LogP contribution is -2.32. The molecule has 0 radical (unpaired) electrons. The highest BCUT2D eigenvalue weighted by molar-refractivity contribution is 5.41. The number of ether oxygens (including phenoxy) is 2. The number of hydrogen-bond acceptors (Lipinski definition) is 4. The maximum Gasteiger partial charge on any atom is 0.119 e. The average Bonchev–Trinajstić information content (AvgIpc) is 2.42. The van der Waals surface area contributed by atoms with Gasteiger partial charge in [-0.1, -0.05) is 0 Å². The van der Waals surface area contributed by atoms with Crippen LogP contribution in [0.2, 0.25) is 0 Å². The molecule has 2 rings (SSSR count). The molecule has 1 fully saturated rings. The summed E-state index contributed by atoms with van der Waals surface area (Å²) in [4.78, 5) is 2.34. The number of hydrogen-bond donors (Lipinski definition) is 1. The number of likely N-dealkylation sites (N-methyl/N-ethyl adjacent to an activating group) is 1. The first-order chi connectivity index (χ1) is 9.24. The fourth-order valence-electron chi connectivity index (χ4n) is 2.34. The molecule has 1 aromatic rings. The van der Waals surface area contributed by atoms with Crippen molar-refractivity contribution in [3.8, 4) is 5.75 Å². The Morgan fingerprint density at radius 2 is 1.95 bits per heavy atom. The molecule has 0 spiro atoms. The molecule has 106 valence electrons. The molecule has 1 saturated heterocycles. The molecule has 1 heterocycles. The Kier molecular flexibility index (Phi) is 5.48. The van der Waals surface area contributed by atoms with Crippen molar-refractivity contribution >= 4 is 5.69 Å². The van der Waals surface area contributed by atoms with Gasteiger partial charge in [-0.3, -0.25) is 0 Å². The highest BCUT2D eigenvalue weighted by Gasteiger charge is 2.15. The van der Waals surface area contributed by atoms with Crippen LogP contribution in [-0.2, 0) is 4.74 Å². The third-order valence-corrected chi connectivity index (χ3v) is 3.53.